The number of alkyl halides is 3. The molecule has 1 heterocycles. The summed E-state index contributed by atoms with van der Waals surface area (Å²) in [6.07, 6.45) is -3.46. The lowest BCUT2D eigenvalue weighted by molar-refractivity contribution is -0.147. The summed E-state index contributed by atoms with van der Waals surface area (Å²) >= 11 is 1.12. The second kappa shape index (κ2) is 4.88. The number of hydrogen-bond donors (Lipinski definition) is 1. The maximum atomic E-state index is 12.3. The molecule has 2 nitrogen and oxygen atoms in total. The van der Waals surface area contributed by atoms with Crippen LogP contribution in [-0.2, 0) is 13.0 Å². The molecule has 2 N–H and O–H groups in total. The lowest BCUT2D eigenvalue weighted by atomic mass is 10.00. The van der Waals surface area contributed by atoms with Gasteiger partial charge >= 0.3 is 6.18 Å². The van der Waals surface area contributed by atoms with Gasteiger partial charge in [0.05, 0.1) is 6.54 Å². The van der Waals surface area contributed by atoms with Crippen LogP contribution in [0.2, 0.25) is 0 Å². The smallest absolute Gasteiger partial charge is 0.290 e. The highest BCUT2D eigenvalue weighted by molar-refractivity contribution is 7.97. The number of benzene rings is 1. The minimum atomic E-state index is -4.13. The van der Waals surface area contributed by atoms with Gasteiger partial charge in [-0.3, -0.25) is 10.0 Å². The molecule has 0 fully saturated rings. The van der Waals surface area contributed by atoms with Crippen molar-refractivity contribution in [2.45, 2.75) is 24.0 Å². The molecular weight excluding hydrogens is 249 g/mol. The molecule has 1 aliphatic heterocycles. The van der Waals surface area contributed by atoms with Gasteiger partial charge in [0.2, 0.25) is 0 Å². The molecule has 0 atom stereocenters. The van der Waals surface area contributed by atoms with E-state index in [1.165, 1.54) is 4.90 Å². The Morgan fingerprint density at radius 3 is 2.71 bits per heavy atom. The van der Waals surface area contributed by atoms with E-state index >= 15 is 0 Å². The fraction of sp³-hybridized carbons (Fsp3) is 0.455. The average Bonchev–Trinajstić information content (AvgIpc) is 2.26. The molecule has 1 aromatic rings. The van der Waals surface area contributed by atoms with Crippen LogP contribution >= 0.6 is 11.9 Å². The Hall–Kier alpha value is -0.720. The summed E-state index contributed by atoms with van der Waals surface area (Å²) in [7, 11) is 0. The van der Waals surface area contributed by atoms with E-state index in [0.29, 0.717) is 19.5 Å². The van der Waals surface area contributed by atoms with E-state index in [4.69, 9.17) is 5.14 Å². The normalized spacial score (nSPS) is 16.9. The van der Waals surface area contributed by atoms with Gasteiger partial charge in [-0.1, -0.05) is 6.07 Å². The third-order valence-corrected chi connectivity index (χ3v) is 3.33. The quantitative estimate of drug-likeness (QED) is 0.831. The molecule has 1 aliphatic rings. The first kappa shape index (κ1) is 12.7. The predicted molar refractivity (Wildman–Crippen MR) is 61.5 cm³/mol. The first-order valence-corrected chi connectivity index (χ1v) is 6.13. The summed E-state index contributed by atoms with van der Waals surface area (Å²) in [6.45, 7) is -0.0305. The molecule has 0 saturated heterocycles. The van der Waals surface area contributed by atoms with E-state index in [1.54, 1.807) is 0 Å². The molecule has 0 radical (unpaired) electrons. The van der Waals surface area contributed by atoms with E-state index in [0.717, 1.165) is 28.0 Å². The second-order valence-corrected chi connectivity index (χ2v) is 4.83. The van der Waals surface area contributed by atoms with Crippen LogP contribution in [-0.4, -0.2) is 24.2 Å². The van der Waals surface area contributed by atoms with Crippen LogP contribution in [0.15, 0.2) is 23.1 Å². The van der Waals surface area contributed by atoms with Gasteiger partial charge in [-0.25, -0.2) is 0 Å². The monoisotopic (exact) mass is 262 g/mol. The molecule has 1 aromatic carbocycles. The Morgan fingerprint density at radius 2 is 2.06 bits per heavy atom. The highest BCUT2D eigenvalue weighted by Gasteiger charge is 2.32. The zero-order valence-corrected chi connectivity index (χ0v) is 9.94. The molecule has 0 saturated carbocycles. The van der Waals surface area contributed by atoms with Crippen molar-refractivity contribution in [2.24, 2.45) is 5.14 Å². The summed E-state index contributed by atoms with van der Waals surface area (Å²) in [5.74, 6) is 0. The van der Waals surface area contributed by atoms with E-state index < -0.39 is 12.7 Å². The van der Waals surface area contributed by atoms with Gasteiger partial charge in [0.15, 0.2) is 0 Å². The molecule has 0 spiro atoms. The first-order valence-electron chi connectivity index (χ1n) is 5.25. The van der Waals surface area contributed by atoms with Crippen molar-refractivity contribution in [3.05, 3.63) is 29.3 Å². The van der Waals surface area contributed by atoms with E-state index in [1.807, 2.05) is 18.2 Å². The summed E-state index contributed by atoms with van der Waals surface area (Å²) in [5.41, 5.74) is 2.08. The van der Waals surface area contributed by atoms with Gasteiger partial charge in [-0.15, -0.1) is 0 Å². The standard InChI is InChI=1S/C11H13F3N2S/c12-11(13,14)7-16-4-3-8-1-2-10(17-15)5-9(8)6-16/h1-2,5H,3-4,6-7,15H2. The first-order chi connectivity index (χ1) is 7.98. The number of fused-ring (bicyclic) bond motifs is 1. The van der Waals surface area contributed by atoms with Crippen molar-refractivity contribution in [3.63, 3.8) is 0 Å². The third-order valence-electron chi connectivity index (χ3n) is 2.81. The van der Waals surface area contributed by atoms with Crippen LogP contribution < -0.4 is 5.14 Å². The minimum Gasteiger partial charge on any atom is -0.290 e. The maximum absolute atomic E-state index is 12.3. The second-order valence-electron chi connectivity index (χ2n) is 4.12. The van der Waals surface area contributed by atoms with Crippen LogP contribution in [0.5, 0.6) is 0 Å². The molecule has 2 rings (SSSR count). The van der Waals surface area contributed by atoms with Gasteiger partial charge in [-0.2, -0.15) is 13.2 Å². The lowest BCUT2D eigenvalue weighted by Gasteiger charge is -2.29. The highest BCUT2D eigenvalue weighted by atomic mass is 32.2. The van der Waals surface area contributed by atoms with Gasteiger partial charge in [-0.05, 0) is 41.6 Å². The predicted octanol–water partition coefficient (Wildman–Crippen LogP) is 2.57. The van der Waals surface area contributed by atoms with Gasteiger partial charge in [0.25, 0.3) is 0 Å². The van der Waals surface area contributed by atoms with Crippen molar-refractivity contribution in [3.8, 4) is 0 Å². The van der Waals surface area contributed by atoms with Crippen molar-refractivity contribution in [2.75, 3.05) is 13.1 Å². The van der Waals surface area contributed by atoms with Crippen molar-refractivity contribution in [1.29, 1.82) is 0 Å². The Morgan fingerprint density at radius 1 is 1.29 bits per heavy atom. The Labute approximate surface area is 102 Å². The largest absolute Gasteiger partial charge is 0.401 e. The molecule has 0 aromatic heterocycles. The van der Waals surface area contributed by atoms with Crippen molar-refractivity contribution >= 4 is 11.9 Å². The van der Waals surface area contributed by atoms with Crippen LogP contribution in [0, 0.1) is 0 Å². The third kappa shape index (κ3) is 3.37. The zero-order chi connectivity index (χ0) is 12.5. The number of nitrogens with two attached hydrogens (primary N) is 1. The van der Waals surface area contributed by atoms with Crippen LogP contribution in [0.3, 0.4) is 0 Å². The summed E-state index contributed by atoms with van der Waals surface area (Å²) in [5, 5.41) is 5.44. The average molecular weight is 262 g/mol. The van der Waals surface area contributed by atoms with Gasteiger partial charge in [0.1, 0.15) is 0 Å². The number of nitrogens with zero attached hydrogens (tertiary/aromatic N) is 1. The van der Waals surface area contributed by atoms with Crippen molar-refractivity contribution in [1.82, 2.24) is 4.90 Å². The van der Waals surface area contributed by atoms with Gasteiger partial charge in [0, 0.05) is 18.0 Å². The van der Waals surface area contributed by atoms with E-state index in [2.05, 4.69) is 0 Å². The number of rotatable bonds is 2. The Bertz CT molecular complexity index is 406. The number of halogens is 3. The maximum Gasteiger partial charge on any atom is 0.401 e. The zero-order valence-electron chi connectivity index (χ0n) is 9.13. The van der Waals surface area contributed by atoms with Crippen LogP contribution in [0.25, 0.3) is 0 Å². The SMILES string of the molecule is NSc1ccc2c(c1)CN(CC(F)(F)F)CC2. The lowest BCUT2D eigenvalue weighted by Crippen LogP contribution is -2.37. The summed E-state index contributed by atoms with van der Waals surface area (Å²) in [6, 6.07) is 5.74. The summed E-state index contributed by atoms with van der Waals surface area (Å²) in [4.78, 5) is 2.31. The van der Waals surface area contributed by atoms with Crippen molar-refractivity contribution < 1.29 is 13.2 Å². The Balaban J connectivity index is 2.11. The number of hydrogen-bond acceptors (Lipinski definition) is 3. The Kier molecular flexibility index (Phi) is 3.65. The fourth-order valence-corrected chi connectivity index (χ4v) is 2.41. The molecule has 0 bridgehead atoms. The van der Waals surface area contributed by atoms with E-state index in [-0.39, 0.29) is 0 Å². The van der Waals surface area contributed by atoms with Crippen LogP contribution in [0.4, 0.5) is 13.2 Å². The molecule has 94 valence electrons. The molecule has 0 amide bonds. The molecule has 0 aliphatic carbocycles. The molecule has 0 unspecified atom stereocenters. The van der Waals surface area contributed by atoms with E-state index in [9.17, 15) is 13.2 Å². The topological polar surface area (TPSA) is 29.3 Å². The highest BCUT2D eigenvalue weighted by Crippen LogP contribution is 2.26. The molecule has 17 heavy (non-hydrogen) atoms. The molecular formula is C11H13F3N2S. The minimum absolute atomic E-state index is 0.350. The molecule has 6 heteroatoms. The van der Waals surface area contributed by atoms with Gasteiger partial charge < -0.3 is 0 Å². The summed E-state index contributed by atoms with van der Waals surface area (Å²) < 4.78 is 36.9. The van der Waals surface area contributed by atoms with Crippen LogP contribution in [0.1, 0.15) is 11.1 Å². The fourth-order valence-electron chi connectivity index (χ4n) is 2.05.